The molecule has 0 unspecified atom stereocenters. The molecular formula is C34H51ClN6O12. The Kier molecular flexibility index (Phi) is 17.8. The van der Waals surface area contributed by atoms with Crippen molar-refractivity contribution in [3.05, 3.63) is 23.6 Å². The topological polar surface area (TPSA) is 210 Å². The third-order valence-electron chi connectivity index (χ3n) is 7.44. The number of aromatic nitrogens is 4. The lowest BCUT2D eigenvalue weighted by Gasteiger charge is -2.26. The average molecular weight is 771 g/mol. The number of ether oxygens (including phenoxy) is 8. The summed E-state index contributed by atoms with van der Waals surface area (Å²) in [5.74, 6) is -1.70. The van der Waals surface area contributed by atoms with Crippen molar-refractivity contribution in [3.8, 4) is 0 Å². The Hall–Kier alpha value is -3.94. The molecule has 0 bridgehead atoms. The minimum atomic E-state index is -1.17. The molecule has 19 heteroatoms. The van der Waals surface area contributed by atoms with Crippen LogP contribution in [0.2, 0.25) is 5.28 Å². The first-order chi connectivity index (χ1) is 25.2. The summed E-state index contributed by atoms with van der Waals surface area (Å²) in [6.45, 7) is 17.1. The smallest absolute Gasteiger partial charge is 0.303 e. The van der Waals surface area contributed by atoms with E-state index in [0.29, 0.717) is 70.5 Å². The predicted molar refractivity (Wildman–Crippen MR) is 190 cm³/mol. The van der Waals surface area contributed by atoms with Gasteiger partial charge in [0.2, 0.25) is 11.2 Å². The number of esters is 3. The first-order valence-corrected chi connectivity index (χ1v) is 17.5. The summed E-state index contributed by atoms with van der Waals surface area (Å²) < 4.78 is 45.3. The first kappa shape index (κ1) is 43.5. The van der Waals surface area contributed by atoms with Gasteiger partial charge in [-0.3, -0.25) is 19.2 Å². The molecule has 0 spiro atoms. The monoisotopic (exact) mass is 770 g/mol. The van der Waals surface area contributed by atoms with Gasteiger partial charge in [0.05, 0.1) is 64.4 Å². The van der Waals surface area contributed by atoms with E-state index < -0.39 is 47.9 Å². The lowest BCUT2D eigenvalue weighted by Crippen LogP contribution is -2.40. The number of hydrogen-bond acceptors (Lipinski definition) is 16. The van der Waals surface area contributed by atoms with Crippen LogP contribution in [0.15, 0.2) is 18.3 Å². The van der Waals surface area contributed by atoms with Gasteiger partial charge in [-0.1, -0.05) is 26.0 Å². The summed E-state index contributed by atoms with van der Waals surface area (Å²) in [6.07, 6.45) is -2.73. The number of amides is 1. The normalized spacial score (nSPS) is 18.5. The molecule has 3 heterocycles. The van der Waals surface area contributed by atoms with E-state index >= 15 is 0 Å². The molecule has 296 valence electrons. The van der Waals surface area contributed by atoms with Crippen LogP contribution < -0.4 is 10.6 Å². The van der Waals surface area contributed by atoms with Crippen LogP contribution in [-0.2, 0) is 57.1 Å². The zero-order valence-corrected chi connectivity index (χ0v) is 31.9. The summed E-state index contributed by atoms with van der Waals surface area (Å²) in [5.41, 5.74) is 0.764. The molecule has 0 aliphatic carbocycles. The Morgan fingerprint density at radius 3 is 2.08 bits per heavy atom. The van der Waals surface area contributed by atoms with Gasteiger partial charge in [0.15, 0.2) is 24.1 Å². The Labute approximate surface area is 313 Å². The van der Waals surface area contributed by atoms with Gasteiger partial charge < -0.3 is 48.5 Å². The second-order valence-electron chi connectivity index (χ2n) is 13.1. The lowest BCUT2D eigenvalue weighted by molar-refractivity contribution is -0.166. The van der Waals surface area contributed by atoms with Gasteiger partial charge in [-0.2, -0.15) is 15.1 Å². The molecule has 2 aromatic heterocycles. The highest BCUT2D eigenvalue weighted by Gasteiger charge is 2.51. The quantitative estimate of drug-likeness (QED) is 0.0516. The Bertz CT molecular complexity index is 1540. The SMILES string of the molecule is C=C(C)COCCOCCOCCOCCC(=O)NCC(C)(C)CNc1nc(Cl)nc2c1cnn2[C@@H]1O[C@H](COC(C)=O)[C@@H](OC(C)=O)[C@H]1OC(C)=O. The molecular weight excluding hydrogens is 720 g/mol. The maximum atomic E-state index is 12.5. The molecule has 0 radical (unpaired) electrons. The van der Waals surface area contributed by atoms with Gasteiger partial charge in [-0.25, -0.2) is 4.68 Å². The van der Waals surface area contributed by atoms with Crippen molar-refractivity contribution in [2.75, 3.05) is 77.9 Å². The second kappa shape index (κ2) is 21.7. The number of halogens is 1. The maximum absolute atomic E-state index is 12.5. The fourth-order valence-electron chi connectivity index (χ4n) is 4.99. The number of anilines is 1. The van der Waals surface area contributed by atoms with Crippen LogP contribution in [0.3, 0.4) is 0 Å². The molecule has 1 amide bonds. The van der Waals surface area contributed by atoms with Crippen molar-refractivity contribution < 1.29 is 57.1 Å². The summed E-state index contributed by atoms with van der Waals surface area (Å²) in [5, 5.41) is 11.0. The van der Waals surface area contributed by atoms with Gasteiger partial charge in [0, 0.05) is 40.3 Å². The number of carbonyl (C=O) groups excluding carboxylic acids is 4. The Morgan fingerprint density at radius 1 is 0.868 bits per heavy atom. The highest BCUT2D eigenvalue weighted by Crippen LogP contribution is 2.36. The molecule has 0 saturated carbocycles. The van der Waals surface area contributed by atoms with E-state index in [4.69, 9.17) is 49.5 Å². The highest BCUT2D eigenvalue weighted by atomic mass is 35.5. The highest BCUT2D eigenvalue weighted by molar-refractivity contribution is 6.28. The van der Waals surface area contributed by atoms with E-state index in [2.05, 4.69) is 32.3 Å². The van der Waals surface area contributed by atoms with Crippen LogP contribution in [0.25, 0.3) is 11.0 Å². The molecule has 53 heavy (non-hydrogen) atoms. The van der Waals surface area contributed by atoms with Crippen LogP contribution >= 0.6 is 11.6 Å². The lowest BCUT2D eigenvalue weighted by atomic mass is 9.93. The Balaban J connectivity index is 1.50. The van der Waals surface area contributed by atoms with Crippen LogP contribution in [0, 0.1) is 5.41 Å². The van der Waals surface area contributed by atoms with E-state index in [1.54, 1.807) is 0 Å². The summed E-state index contributed by atoms with van der Waals surface area (Å²) in [7, 11) is 0. The largest absolute Gasteiger partial charge is 0.463 e. The fraction of sp³-hybridized carbons (Fsp3) is 0.676. The molecule has 18 nitrogen and oxygen atoms in total. The third kappa shape index (κ3) is 15.1. The van der Waals surface area contributed by atoms with E-state index in [9.17, 15) is 19.2 Å². The van der Waals surface area contributed by atoms with Crippen LogP contribution in [0.5, 0.6) is 0 Å². The van der Waals surface area contributed by atoms with Crippen molar-refractivity contribution >= 4 is 52.3 Å². The van der Waals surface area contributed by atoms with Gasteiger partial charge >= 0.3 is 17.9 Å². The van der Waals surface area contributed by atoms with E-state index in [0.717, 1.165) is 5.57 Å². The van der Waals surface area contributed by atoms with Crippen LogP contribution in [0.1, 0.15) is 54.2 Å². The molecule has 1 aliphatic heterocycles. The number of nitrogens with one attached hydrogen (secondary N) is 2. The van der Waals surface area contributed by atoms with Crippen molar-refractivity contribution in [2.45, 2.75) is 72.5 Å². The zero-order valence-electron chi connectivity index (χ0n) is 31.1. The number of hydrogen-bond donors (Lipinski definition) is 2. The fourth-order valence-corrected chi connectivity index (χ4v) is 5.16. The minimum Gasteiger partial charge on any atom is -0.463 e. The average Bonchev–Trinajstić information content (AvgIpc) is 3.63. The van der Waals surface area contributed by atoms with Gasteiger partial charge in [-0.15, -0.1) is 0 Å². The molecule has 1 aliphatic rings. The van der Waals surface area contributed by atoms with E-state index in [1.807, 2.05) is 20.8 Å². The Morgan fingerprint density at radius 2 is 1.47 bits per heavy atom. The number of rotatable bonds is 24. The first-order valence-electron chi connectivity index (χ1n) is 17.2. The van der Waals surface area contributed by atoms with Crippen molar-refractivity contribution in [2.24, 2.45) is 5.41 Å². The molecule has 2 aromatic rings. The standard InChI is InChI=1S/C34H51ClN6O12/c1-21(2)17-49-15-14-48-13-12-47-11-10-46-9-8-27(45)36-19-34(6,7)20-37-30-25-16-38-41(31(25)40-33(35)39-30)32-29(52-24(5)44)28(51-23(4)43)26(53-32)18-50-22(3)42/h16,26,28-29,32H,1,8-15,17-20H2,2-7H3,(H,36,45)(H,37,39,40)/t26-,28-,29-,32-/m1/s1. The van der Waals surface area contributed by atoms with Crippen molar-refractivity contribution in [1.29, 1.82) is 0 Å². The summed E-state index contributed by atoms with van der Waals surface area (Å²) in [6, 6.07) is 0. The van der Waals surface area contributed by atoms with Gasteiger partial charge in [0.1, 0.15) is 18.5 Å². The van der Waals surface area contributed by atoms with Crippen molar-refractivity contribution in [1.82, 2.24) is 25.1 Å². The molecule has 2 N–H and O–H groups in total. The van der Waals surface area contributed by atoms with E-state index in [1.165, 1.54) is 31.6 Å². The van der Waals surface area contributed by atoms with Gasteiger partial charge in [-0.05, 0) is 23.9 Å². The molecule has 4 atom stereocenters. The molecule has 3 rings (SSSR count). The van der Waals surface area contributed by atoms with Crippen molar-refractivity contribution in [3.63, 3.8) is 0 Å². The summed E-state index contributed by atoms with van der Waals surface area (Å²) >= 11 is 6.33. The third-order valence-corrected chi connectivity index (χ3v) is 7.61. The molecule has 1 fully saturated rings. The maximum Gasteiger partial charge on any atom is 0.303 e. The number of carbonyl (C=O) groups is 4. The predicted octanol–water partition coefficient (Wildman–Crippen LogP) is 2.39. The zero-order chi connectivity index (χ0) is 39.0. The van der Waals surface area contributed by atoms with Crippen LogP contribution in [0.4, 0.5) is 5.82 Å². The van der Waals surface area contributed by atoms with E-state index in [-0.39, 0.29) is 36.5 Å². The molecule has 0 aromatic carbocycles. The minimum absolute atomic E-state index is 0.110. The summed E-state index contributed by atoms with van der Waals surface area (Å²) in [4.78, 5) is 56.7. The number of fused-ring (bicyclic) bond motifs is 1. The molecule has 1 saturated heterocycles. The number of nitrogens with zero attached hydrogens (tertiary/aromatic N) is 4. The van der Waals surface area contributed by atoms with Crippen LogP contribution in [-0.4, -0.2) is 134 Å². The second-order valence-corrected chi connectivity index (χ2v) is 13.4. The van der Waals surface area contributed by atoms with Gasteiger partial charge in [0.25, 0.3) is 0 Å².